The number of nitrogens with zero attached hydrogens (tertiary/aromatic N) is 1. The standard InChI is InChI=1S/C10H17F2NO3/c1-10(2,3)16-9(14)13-4-5-15-7(6-13)8(11)12/h7-8H,4-6H2,1-3H3/t7-/m0/s1. The molecule has 1 saturated heterocycles. The molecule has 1 rings (SSSR count). The maximum Gasteiger partial charge on any atom is 0.410 e. The lowest BCUT2D eigenvalue weighted by molar-refractivity contribution is -0.102. The molecule has 0 aromatic rings. The van der Waals surface area contributed by atoms with Crippen molar-refractivity contribution in [2.45, 2.75) is 38.9 Å². The Balaban J connectivity index is 2.50. The zero-order valence-corrected chi connectivity index (χ0v) is 9.70. The Morgan fingerprint density at radius 2 is 2.12 bits per heavy atom. The third-order valence-electron chi connectivity index (χ3n) is 2.03. The summed E-state index contributed by atoms with van der Waals surface area (Å²) in [6, 6.07) is 0. The number of morpholine rings is 1. The number of amides is 1. The van der Waals surface area contributed by atoms with Crippen molar-refractivity contribution in [2.24, 2.45) is 0 Å². The van der Waals surface area contributed by atoms with E-state index < -0.39 is 24.2 Å². The first-order chi connectivity index (χ1) is 7.29. The second kappa shape index (κ2) is 4.95. The molecule has 1 amide bonds. The van der Waals surface area contributed by atoms with Gasteiger partial charge in [0.2, 0.25) is 0 Å². The normalized spacial score (nSPS) is 22.4. The van der Waals surface area contributed by atoms with Gasteiger partial charge in [0.05, 0.1) is 13.2 Å². The SMILES string of the molecule is CC(C)(C)OC(=O)N1CCO[C@H](C(F)F)C1. The minimum absolute atomic E-state index is 0.118. The number of alkyl halides is 2. The van der Waals surface area contributed by atoms with E-state index in [0.29, 0.717) is 0 Å². The van der Waals surface area contributed by atoms with Gasteiger partial charge in [-0.15, -0.1) is 0 Å². The van der Waals surface area contributed by atoms with E-state index in [0.717, 1.165) is 0 Å². The summed E-state index contributed by atoms with van der Waals surface area (Å²) in [5.74, 6) is 0. The van der Waals surface area contributed by atoms with Crippen molar-refractivity contribution in [3.63, 3.8) is 0 Å². The first-order valence-corrected chi connectivity index (χ1v) is 5.17. The van der Waals surface area contributed by atoms with Gasteiger partial charge in [0.25, 0.3) is 6.43 Å². The van der Waals surface area contributed by atoms with Crippen LogP contribution in [0.3, 0.4) is 0 Å². The molecule has 0 aromatic carbocycles. The van der Waals surface area contributed by atoms with E-state index in [9.17, 15) is 13.6 Å². The number of halogens is 2. The molecule has 1 aliphatic rings. The Morgan fingerprint density at radius 3 is 2.62 bits per heavy atom. The van der Waals surface area contributed by atoms with Gasteiger partial charge < -0.3 is 14.4 Å². The molecule has 1 aliphatic heterocycles. The molecule has 0 spiro atoms. The molecule has 0 N–H and O–H groups in total. The molecule has 0 aromatic heterocycles. The van der Waals surface area contributed by atoms with E-state index >= 15 is 0 Å². The minimum Gasteiger partial charge on any atom is -0.444 e. The Labute approximate surface area is 93.5 Å². The zero-order valence-electron chi connectivity index (χ0n) is 9.70. The zero-order chi connectivity index (χ0) is 12.3. The van der Waals surface area contributed by atoms with Crippen LogP contribution < -0.4 is 0 Å². The topological polar surface area (TPSA) is 38.8 Å². The molecule has 16 heavy (non-hydrogen) atoms. The van der Waals surface area contributed by atoms with Gasteiger partial charge in [-0.2, -0.15) is 0 Å². The molecular weight excluding hydrogens is 220 g/mol. The van der Waals surface area contributed by atoms with E-state index in [1.807, 2.05) is 0 Å². The molecule has 1 fully saturated rings. The molecule has 6 heteroatoms. The summed E-state index contributed by atoms with van der Waals surface area (Å²) < 4.78 is 34.7. The number of ether oxygens (including phenoxy) is 2. The first-order valence-electron chi connectivity index (χ1n) is 5.17. The van der Waals surface area contributed by atoms with Crippen LogP contribution in [-0.4, -0.2) is 48.8 Å². The van der Waals surface area contributed by atoms with Gasteiger partial charge in [-0.3, -0.25) is 0 Å². The Bertz CT molecular complexity index is 253. The van der Waals surface area contributed by atoms with Crippen molar-refractivity contribution >= 4 is 6.09 Å². The molecule has 1 atom stereocenters. The van der Waals surface area contributed by atoms with Gasteiger partial charge in [0.1, 0.15) is 11.7 Å². The van der Waals surface area contributed by atoms with E-state index in [1.165, 1.54) is 4.90 Å². The maximum absolute atomic E-state index is 12.4. The fraction of sp³-hybridized carbons (Fsp3) is 0.900. The van der Waals surface area contributed by atoms with Crippen LogP contribution in [0.4, 0.5) is 13.6 Å². The number of rotatable bonds is 1. The third kappa shape index (κ3) is 3.92. The van der Waals surface area contributed by atoms with E-state index in [-0.39, 0.29) is 19.7 Å². The third-order valence-corrected chi connectivity index (χ3v) is 2.03. The molecule has 1 heterocycles. The van der Waals surface area contributed by atoms with E-state index in [4.69, 9.17) is 9.47 Å². The highest BCUT2D eigenvalue weighted by Gasteiger charge is 2.32. The van der Waals surface area contributed by atoms with Crippen LogP contribution in [0.2, 0.25) is 0 Å². The monoisotopic (exact) mass is 237 g/mol. The average molecular weight is 237 g/mol. The highest BCUT2D eigenvalue weighted by Crippen LogP contribution is 2.16. The fourth-order valence-corrected chi connectivity index (χ4v) is 1.32. The summed E-state index contributed by atoms with van der Waals surface area (Å²) in [4.78, 5) is 12.8. The fourth-order valence-electron chi connectivity index (χ4n) is 1.32. The summed E-state index contributed by atoms with van der Waals surface area (Å²) >= 11 is 0. The van der Waals surface area contributed by atoms with Crippen LogP contribution in [0.5, 0.6) is 0 Å². The summed E-state index contributed by atoms with van der Waals surface area (Å²) in [7, 11) is 0. The van der Waals surface area contributed by atoms with Gasteiger partial charge in [0, 0.05) is 6.54 Å². The highest BCUT2D eigenvalue weighted by molar-refractivity contribution is 5.68. The largest absolute Gasteiger partial charge is 0.444 e. The van der Waals surface area contributed by atoms with Gasteiger partial charge in [-0.05, 0) is 20.8 Å². The van der Waals surface area contributed by atoms with Crippen LogP contribution in [-0.2, 0) is 9.47 Å². The number of hydrogen-bond donors (Lipinski definition) is 0. The van der Waals surface area contributed by atoms with Crippen molar-refractivity contribution in [1.82, 2.24) is 4.90 Å². The van der Waals surface area contributed by atoms with Crippen LogP contribution in [0.15, 0.2) is 0 Å². The van der Waals surface area contributed by atoms with Crippen molar-refractivity contribution in [3.8, 4) is 0 Å². The summed E-state index contributed by atoms with van der Waals surface area (Å²) in [6.45, 7) is 5.49. The summed E-state index contributed by atoms with van der Waals surface area (Å²) in [5.41, 5.74) is -0.615. The Kier molecular flexibility index (Phi) is 4.07. The predicted molar refractivity (Wildman–Crippen MR) is 53.6 cm³/mol. The number of carbonyl (C=O) groups is 1. The van der Waals surface area contributed by atoms with Crippen LogP contribution >= 0.6 is 0 Å². The van der Waals surface area contributed by atoms with E-state index in [1.54, 1.807) is 20.8 Å². The lowest BCUT2D eigenvalue weighted by atomic mass is 10.2. The van der Waals surface area contributed by atoms with Gasteiger partial charge in [-0.1, -0.05) is 0 Å². The number of hydrogen-bond acceptors (Lipinski definition) is 3. The molecule has 0 radical (unpaired) electrons. The molecule has 0 unspecified atom stereocenters. The lowest BCUT2D eigenvalue weighted by Crippen LogP contribution is -2.49. The minimum atomic E-state index is -2.58. The first kappa shape index (κ1) is 13.2. The van der Waals surface area contributed by atoms with Crippen molar-refractivity contribution in [3.05, 3.63) is 0 Å². The van der Waals surface area contributed by atoms with Crippen molar-refractivity contribution < 1.29 is 23.0 Å². The molecule has 94 valence electrons. The Morgan fingerprint density at radius 1 is 1.50 bits per heavy atom. The second-order valence-electron chi connectivity index (χ2n) is 4.67. The quantitative estimate of drug-likeness (QED) is 0.699. The molecule has 0 aliphatic carbocycles. The highest BCUT2D eigenvalue weighted by atomic mass is 19.3. The van der Waals surface area contributed by atoms with Crippen LogP contribution in [0.1, 0.15) is 20.8 Å². The summed E-state index contributed by atoms with van der Waals surface area (Å²) in [5, 5.41) is 0. The maximum atomic E-state index is 12.4. The molecular formula is C10H17F2NO3. The van der Waals surface area contributed by atoms with Crippen LogP contribution in [0, 0.1) is 0 Å². The van der Waals surface area contributed by atoms with Crippen molar-refractivity contribution in [1.29, 1.82) is 0 Å². The van der Waals surface area contributed by atoms with Gasteiger partial charge in [-0.25, -0.2) is 13.6 Å². The van der Waals surface area contributed by atoms with Gasteiger partial charge in [0.15, 0.2) is 0 Å². The second-order valence-corrected chi connectivity index (χ2v) is 4.67. The molecule has 0 bridgehead atoms. The van der Waals surface area contributed by atoms with Crippen molar-refractivity contribution in [2.75, 3.05) is 19.7 Å². The average Bonchev–Trinajstić information content (AvgIpc) is 2.15. The van der Waals surface area contributed by atoms with Gasteiger partial charge >= 0.3 is 6.09 Å². The predicted octanol–water partition coefficient (Wildman–Crippen LogP) is 1.89. The van der Waals surface area contributed by atoms with E-state index in [2.05, 4.69) is 0 Å². The molecule has 0 saturated carbocycles. The number of carbonyl (C=O) groups excluding carboxylic acids is 1. The smallest absolute Gasteiger partial charge is 0.410 e. The Hall–Kier alpha value is -0.910. The lowest BCUT2D eigenvalue weighted by Gasteiger charge is -2.33. The van der Waals surface area contributed by atoms with Crippen LogP contribution in [0.25, 0.3) is 0 Å². The summed E-state index contributed by atoms with van der Waals surface area (Å²) in [6.07, 6.45) is -4.35. The molecule has 4 nitrogen and oxygen atoms in total.